The Kier molecular flexibility index (Phi) is 4.81. The molecule has 0 heterocycles. The molecule has 4 nitrogen and oxygen atoms in total. The van der Waals surface area contributed by atoms with E-state index in [0.29, 0.717) is 6.54 Å². The van der Waals surface area contributed by atoms with Gasteiger partial charge in [0.25, 0.3) is 9.84 Å². The zero-order valence-electron chi connectivity index (χ0n) is 10.3. The van der Waals surface area contributed by atoms with Gasteiger partial charge in [0.1, 0.15) is 0 Å². The van der Waals surface area contributed by atoms with Crippen LogP contribution in [0.5, 0.6) is 0 Å². The molecule has 0 bridgehead atoms. The molecule has 0 aliphatic carbocycles. The maximum atomic E-state index is 12.6. The first-order chi connectivity index (χ1) is 8.75. The molecule has 8 heteroatoms. The average Bonchev–Trinajstić information content (AvgIpc) is 2.34. The Balaban J connectivity index is 3.39. The van der Waals surface area contributed by atoms with Crippen LogP contribution in [0, 0.1) is 0 Å². The fraction of sp³-hybridized carbons (Fsp3) is 0.455. The topological polar surface area (TPSA) is 63.4 Å². The van der Waals surface area contributed by atoms with Crippen LogP contribution in [-0.4, -0.2) is 33.6 Å². The molecule has 1 rings (SSSR count). The van der Waals surface area contributed by atoms with E-state index >= 15 is 0 Å². The summed E-state index contributed by atoms with van der Waals surface area (Å²) < 4.78 is 60.9. The number of benzene rings is 1. The van der Waals surface area contributed by atoms with E-state index in [1.165, 1.54) is 23.1 Å². The molecule has 19 heavy (non-hydrogen) atoms. The van der Waals surface area contributed by atoms with Gasteiger partial charge in [0.15, 0.2) is 0 Å². The van der Waals surface area contributed by atoms with Gasteiger partial charge in [0.05, 0.1) is 10.6 Å². The molecule has 1 aromatic rings. The number of para-hydroxylation sites is 1. The van der Waals surface area contributed by atoms with E-state index < -0.39 is 20.2 Å². The molecule has 1 aromatic carbocycles. The lowest BCUT2D eigenvalue weighted by Gasteiger charge is -2.25. The summed E-state index contributed by atoms with van der Waals surface area (Å²) in [4.78, 5) is 0.760. The van der Waals surface area contributed by atoms with Gasteiger partial charge in [-0.2, -0.15) is 13.2 Å². The van der Waals surface area contributed by atoms with Gasteiger partial charge in [0.2, 0.25) is 0 Å². The third-order valence-electron chi connectivity index (χ3n) is 2.58. The minimum Gasteiger partial charge on any atom is -0.369 e. The number of hydrogen-bond donors (Lipinski definition) is 1. The van der Waals surface area contributed by atoms with Crippen molar-refractivity contribution in [3.63, 3.8) is 0 Å². The van der Waals surface area contributed by atoms with Gasteiger partial charge in [-0.05, 0) is 19.1 Å². The number of anilines is 1. The zero-order valence-corrected chi connectivity index (χ0v) is 11.1. The number of sulfone groups is 1. The van der Waals surface area contributed by atoms with Crippen LogP contribution in [0.15, 0.2) is 29.2 Å². The molecule has 0 saturated heterocycles. The third-order valence-corrected chi connectivity index (χ3v) is 4.11. The lowest BCUT2D eigenvalue weighted by atomic mass is 10.3. The Morgan fingerprint density at radius 2 is 1.84 bits per heavy atom. The largest absolute Gasteiger partial charge is 0.501 e. The van der Waals surface area contributed by atoms with Crippen LogP contribution < -0.4 is 10.6 Å². The molecular weight excluding hydrogens is 281 g/mol. The van der Waals surface area contributed by atoms with Crippen molar-refractivity contribution in [1.82, 2.24) is 0 Å². The minimum atomic E-state index is -5.36. The highest BCUT2D eigenvalue weighted by Gasteiger charge is 2.48. The molecule has 0 aromatic heterocycles. The van der Waals surface area contributed by atoms with Gasteiger partial charge in [-0.25, -0.2) is 8.42 Å². The van der Waals surface area contributed by atoms with Gasteiger partial charge in [-0.1, -0.05) is 12.1 Å². The van der Waals surface area contributed by atoms with Crippen LogP contribution in [0.2, 0.25) is 0 Å². The number of nitrogens with zero attached hydrogens (tertiary/aromatic N) is 1. The predicted molar refractivity (Wildman–Crippen MR) is 66.6 cm³/mol. The van der Waals surface area contributed by atoms with Crippen molar-refractivity contribution >= 4 is 15.5 Å². The van der Waals surface area contributed by atoms with Gasteiger partial charge < -0.3 is 10.6 Å². The molecule has 108 valence electrons. The first-order valence-electron chi connectivity index (χ1n) is 5.61. The normalized spacial score (nSPS) is 12.5. The summed E-state index contributed by atoms with van der Waals surface area (Å²) in [5.74, 6) is 0. The number of nitrogens with two attached hydrogens (primary N) is 1. The highest BCUT2D eigenvalue weighted by Crippen LogP contribution is 2.35. The zero-order chi connectivity index (χ0) is 14.7. The van der Waals surface area contributed by atoms with Crippen LogP contribution in [0.25, 0.3) is 0 Å². The molecule has 0 aliphatic heterocycles. The number of likely N-dealkylation sites (N-methyl/N-ethyl adjacent to an activating group) is 1. The fourth-order valence-electron chi connectivity index (χ4n) is 1.68. The van der Waals surface area contributed by atoms with E-state index in [-0.39, 0.29) is 18.8 Å². The van der Waals surface area contributed by atoms with Crippen molar-refractivity contribution in [2.45, 2.75) is 17.3 Å². The first kappa shape index (κ1) is 15.8. The fourth-order valence-corrected chi connectivity index (χ4v) is 2.65. The van der Waals surface area contributed by atoms with Gasteiger partial charge >= 0.3 is 5.51 Å². The van der Waals surface area contributed by atoms with E-state index in [9.17, 15) is 21.6 Å². The van der Waals surface area contributed by atoms with Gasteiger partial charge in [-0.15, -0.1) is 0 Å². The van der Waals surface area contributed by atoms with Crippen LogP contribution in [-0.2, 0) is 9.84 Å². The summed E-state index contributed by atoms with van der Waals surface area (Å²) in [5.41, 5.74) is 0.0807. The Bertz CT molecular complexity index is 529. The maximum Gasteiger partial charge on any atom is 0.501 e. The second kappa shape index (κ2) is 5.79. The van der Waals surface area contributed by atoms with Crippen LogP contribution in [0.3, 0.4) is 0 Å². The lowest BCUT2D eigenvalue weighted by Crippen LogP contribution is -2.32. The lowest BCUT2D eigenvalue weighted by molar-refractivity contribution is -0.0435. The molecule has 0 amide bonds. The second-order valence-corrected chi connectivity index (χ2v) is 5.69. The summed E-state index contributed by atoms with van der Waals surface area (Å²) in [5, 5.41) is 0. The average molecular weight is 296 g/mol. The van der Waals surface area contributed by atoms with E-state index in [1.54, 1.807) is 6.92 Å². The summed E-state index contributed by atoms with van der Waals surface area (Å²) in [6.45, 7) is 2.57. The molecule has 0 unspecified atom stereocenters. The van der Waals surface area contributed by atoms with Crippen molar-refractivity contribution in [2.24, 2.45) is 5.73 Å². The standard InChI is InChI=1S/C11H15F3N2O2S/c1-2-16(8-7-15)9-5-3-4-6-10(9)19(17,18)11(12,13)14/h3-6H,2,7-8,15H2,1H3. The van der Waals surface area contributed by atoms with Crippen molar-refractivity contribution in [2.75, 3.05) is 24.5 Å². The third kappa shape index (κ3) is 3.19. The molecule has 0 spiro atoms. The number of hydrogen-bond acceptors (Lipinski definition) is 4. The Hall–Kier alpha value is -1.28. The minimum absolute atomic E-state index is 0.0211. The molecule has 0 fully saturated rings. The highest BCUT2D eigenvalue weighted by molar-refractivity contribution is 7.92. The summed E-state index contributed by atoms with van der Waals surface area (Å²) in [6, 6.07) is 5.05. The van der Waals surface area contributed by atoms with Crippen LogP contribution in [0.4, 0.5) is 18.9 Å². The van der Waals surface area contributed by atoms with Crippen molar-refractivity contribution < 1.29 is 21.6 Å². The Labute approximate surface area is 109 Å². The predicted octanol–water partition coefficient (Wildman–Crippen LogP) is 1.77. The van der Waals surface area contributed by atoms with Crippen LogP contribution in [0.1, 0.15) is 6.92 Å². The Morgan fingerprint density at radius 1 is 1.26 bits per heavy atom. The van der Waals surface area contributed by atoms with E-state index in [4.69, 9.17) is 5.73 Å². The van der Waals surface area contributed by atoms with Crippen molar-refractivity contribution in [1.29, 1.82) is 0 Å². The number of alkyl halides is 3. The monoisotopic (exact) mass is 296 g/mol. The molecule has 2 N–H and O–H groups in total. The highest BCUT2D eigenvalue weighted by atomic mass is 32.2. The molecule has 0 saturated carbocycles. The van der Waals surface area contributed by atoms with E-state index in [0.717, 1.165) is 6.07 Å². The molecule has 0 radical (unpaired) electrons. The van der Waals surface area contributed by atoms with E-state index in [1.807, 2.05) is 0 Å². The molecule has 0 aliphatic rings. The first-order valence-corrected chi connectivity index (χ1v) is 7.09. The van der Waals surface area contributed by atoms with Crippen LogP contribution >= 0.6 is 0 Å². The SMILES string of the molecule is CCN(CCN)c1ccccc1S(=O)(=O)C(F)(F)F. The quantitative estimate of drug-likeness (QED) is 0.899. The van der Waals surface area contributed by atoms with Crippen molar-refractivity contribution in [3.05, 3.63) is 24.3 Å². The Morgan fingerprint density at radius 3 is 2.32 bits per heavy atom. The summed E-state index contributed by atoms with van der Waals surface area (Å²) >= 11 is 0. The molecular formula is C11H15F3N2O2S. The second-order valence-electron chi connectivity index (χ2n) is 3.79. The van der Waals surface area contributed by atoms with Gasteiger partial charge in [0, 0.05) is 19.6 Å². The number of halogens is 3. The maximum absolute atomic E-state index is 12.6. The molecule has 0 atom stereocenters. The number of rotatable bonds is 5. The van der Waals surface area contributed by atoms with Crippen molar-refractivity contribution in [3.8, 4) is 0 Å². The smallest absolute Gasteiger partial charge is 0.369 e. The van der Waals surface area contributed by atoms with E-state index in [2.05, 4.69) is 0 Å². The summed E-state index contributed by atoms with van der Waals surface area (Å²) in [6.07, 6.45) is 0. The summed E-state index contributed by atoms with van der Waals surface area (Å²) in [7, 11) is -5.36. The van der Waals surface area contributed by atoms with Gasteiger partial charge in [-0.3, -0.25) is 0 Å².